The van der Waals surface area contributed by atoms with Crippen LogP contribution >= 0.6 is 0 Å². The third kappa shape index (κ3) is 9.43. The maximum Gasteiger partial charge on any atom is 0.150 e. The van der Waals surface area contributed by atoms with Crippen LogP contribution in [0.4, 0.5) is 0 Å². The van der Waals surface area contributed by atoms with E-state index in [2.05, 4.69) is 48.5 Å². The molecule has 48 heavy (non-hydrogen) atoms. The standard InChI is InChI=1S/C42H42O6/c1-43-37-24-22-32(23-25-37)26-38-40(45-28-34-16-8-3-9-17-34)42(47-30-36-20-12-5-13-21-36)41(46-29-35-18-10-4-11-19-35)39(48-38)31-44-27-33-14-6-2-7-15-33/h2-26,39-42H,27-31H2,1H3/b38-26-/t39-,40-,41-,42-/m1/s1. The van der Waals surface area contributed by atoms with E-state index in [1.165, 1.54) is 0 Å². The van der Waals surface area contributed by atoms with Crippen molar-refractivity contribution in [3.63, 3.8) is 0 Å². The first-order valence-corrected chi connectivity index (χ1v) is 16.4. The molecule has 5 aromatic rings. The van der Waals surface area contributed by atoms with Gasteiger partial charge in [-0.2, -0.15) is 0 Å². The normalized spacial score (nSPS) is 19.9. The van der Waals surface area contributed by atoms with Crippen LogP contribution in [0.5, 0.6) is 5.75 Å². The minimum absolute atomic E-state index is 0.297. The second-order valence-electron chi connectivity index (χ2n) is 11.7. The first kappa shape index (κ1) is 33.2. The molecule has 0 amide bonds. The Hall–Kier alpha value is -4.72. The van der Waals surface area contributed by atoms with Crippen molar-refractivity contribution >= 4 is 6.08 Å². The van der Waals surface area contributed by atoms with Gasteiger partial charge in [0.05, 0.1) is 40.1 Å². The smallest absolute Gasteiger partial charge is 0.150 e. The summed E-state index contributed by atoms with van der Waals surface area (Å²) in [7, 11) is 1.66. The topological polar surface area (TPSA) is 55.4 Å². The van der Waals surface area contributed by atoms with Crippen LogP contribution in [0.2, 0.25) is 0 Å². The molecule has 4 atom stereocenters. The molecule has 246 valence electrons. The molecule has 0 spiro atoms. The lowest BCUT2D eigenvalue weighted by molar-refractivity contribution is -0.222. The van der Waals surface area contributed by atoms with Crippen LogP contribution < -0.4 is 4.74 Å². The molecular weight excluding hydrogens is 600 g/mol. The van der Waals surface area contributed by atoms with E-state index in [1.807, 2.05) is 103 Å². The summed E-state index contributed by atoms with van der Waals surface area (Å²) in [4.78, 5) is 0. The summed E-state index contributed by atoms with van der Waals surface area (Å²) < 4.78 is 38.9. The quantitative estimate of drug-likeness (QED) is 0.114. The Morgan fingerprint density at radius 3 is 1.48 bits per heavy atom. The van der Waals surface area contributed by atoms with E-state index in [0.717, 1.165) is 33.6 Å². The van der Waals surface area contributed by atoms with Crippen molar-refractivity contribution in [1.82, 2.24) is 0 Å². The Morgan fingerprint density at radius 2 is 0.979 bits per heavy atom. The fourth-order valence-corrected chi connectivity index (χ4v) is 5.69. The molecule has 0 N–H and O–H groups in total. The van der Waals surface area contributed by atoms with E-state index < -0.39 is 24.4 Å². The molecule has 5 aromatic carbocycles. The Kier molecular flexibility index (Phi) is 12.1. The highest BCUT2D eigenvalue weighted by Crippen LogP contribution is 2.34. The molecule has 1 heterocycles. The zero-order valence-corrected chi connectivity index (χ0v) is 27.2. The molecule has 1 aliphatic rings. The van der Waals surface area contributed by atoms with Gasteiger partial charge in [0.25, 0.3) is 0 Å². The van der Waals surface area contributed by atoms with Crippen LogP contribution in [0, 0.1) is 0 Å². The van der Waals surface area contributed by atoms with Crippen molar-refractivity contribution in [3.8, 4) is 5.75 Å². The van der Waals surface area contributed by atoms with E-state index >= 15 is 0 Å². The van der Waals surface area contributed by atoms with Gasteiger partial charge in [0, 0.05) is 0 Å². The summed E-state index contributed by atoms with van der Waals surface area (Å²) in [5, 5.41) is 0. The van der Waals surface area contributed by atoms with Gasteiger partial charge in [-0.1, -0.05) is 133 Å². The van der Waals surface area contributed by atoms with E-state index in [9.17, 15) is 0 Å². The number of rotatable bonds is 15. The van der Waals surface area contributed by atoms with Crippen LogP contribution in [0.1, 0.15) is 27.8 Å². The van der Waals surface area contributed by atoms with Gasteiger partial charge in [-0.3, -0.25) is 0 Å². The van der Waals surface area contributed by atoms with E-state index in [4.69, 9.17) is 28.4 Å². The number of hydrogen-bond donors (Lipinski definition) is 0. The van der Waals surface area contributed by atoms with Gasteiger partial charge in [0.1, 0.15) is 29.8 Å². The van der Waals surface area contributed by atoms with E-state index in [0.29, 0.717) is 38.8 Å². The predicted molar refractivity (Wildman–Crippen MR) is 187 cm³/mol. The minimum atomic E-state index is -0.567. The van der Waals surface area contributed by atoms with Gasteiger partial charge < -0.3 is 28.4 Å². The fraction of sp³-hybridized carbons (Fsp3) is 0.238. The summed E-state index contributed by atoms with van der Waals surface area (Å²) in [5.74, 6) is 1.44. The molecule has 0 saturated carbocycles. The highest BCUT2D eigenvalue weighted by molar-refractivity contribution is 5.54. The lowest BCUT2D eigenvalue weighted by atomic mass is 9.95. The van der Waals surface area contributed by atoms with Crippen molar-refractivity contribution in [3.05, 3.63) is 179 Å². The highest BCUT2D eigenvalue weighted by Gasteiger charge is 2.46. The number of ether oxygens (including phenoxy) is 6. The summed E-state index contributed by atoms with van der Waals surface area (Å²) in [6.07, 6.45) is -0.0351. The first-order valence-electron chi connectivity index (χ1n) is 16.4. The molecule has 1 fully saturated rings. The van der Waals surface area contributed by atoms with Gasteiger partial charge in [-0.15, -0.1) is 0 Å². The molecule has 6 nitrogen and oxygen atoms in total. The lowest BCUT2D eigenvalue weighted by Crippen LogP contribution is -2.56. The van der Waals surface area contributed by atoms with Crippen molar-refractivity contribution in [2.75, 3.05) is 13.7 Å². The largest absolute Gasteiger partial charge is 0.497 e. The number of benzene rings is 5. The van der Waals surface area contributed by atoms with Crippen molar-refractivity contribution in [2.24, 2.45) is 0 Å². The van der Waals surface area contributed by atoms with Crippen LogP contribution in [0.25, 0.3) is 6.08 Å². The molecule has 6 heteroatoms. The molecule has 0 bridgehead atoms. The van der Waals surface area contributed by atoms with E-state index in [-0.39, 0.29) is 0 Å². The number of methoxy groups -OCH3 is 1. The Bertz CT molecular complexity index is 1660. The molecule has 1 saturated heterocycles. The molecule has 0 aliphatic carbocycles. The van der Waals surface area contributed by atoms with Gasteiger partial charge >= 0.3 is 0 Å². The lowest BCUT2D eigenvalue weighted by Gasteiger charge is -2.43. The third-order valence-corrected chi connectivity index (χ3v) is 8.22. The van der Waals surface area contributed by atoms with Gasteiger partial charge in [0.15, 0.2) is 6.10 Å². The maximum atomic E-state index is 6.84. The van der Waals surface area contributed by atoms with Gasteiger partial charge in [-0.05, 0) is 46.0 Å². The predicted octanol–water partition coefficient (Wildman–Crippen LogP) is 8.41. The van der Waals surface area contributed by atoms with Crippen molar-refractivity contribution < 1.29 is 28.4 Å². The molecule has 1 aliphatic heterocycles. The second-order valence-corrected chi connectivity index (χ2v) is 11.7. The molecule has 0 aromatic heterocycles. The monoisotopic (exact) mass is 642 g/mol. The third-order valence-electron chi connectivity index (χ3n) is 8.22. The zero-order valence-electron chi connectivity index (χ0n) is 27.2. The Balaban J connectivity index is 1.35. The van der Waals surface area contributed by atoms with Crippen molar-refractivity contribution in [1.29, 1.82) is 0 Å². The molecule has 0 unspecified atom stereocenters. The van der Waals surface area contributed by atoms with Crippen molar-refractivity contribution in [2.45, 2.75) is 50.8 Å². The average Bonchev–Trinajstić information content (AvgIpc) is 3.15. The fourth-order valence-electron chi connectivity index (χ4n) is 5.69. The minimum Gasteiger partial charge on any atom is -0.497 e. The second kappa shape index (κ2) is 17.4. The summed E-state index contributed by atoms with van der Waals surface area (Å²) in [6.45, 7) is 1.89. The first-order chi connectivity index (χ1) is 23.7. The van der Waals surface area contributed by atoms with Crippen LogP contribution in [0.15, 0.2) is 151 Å². The summed E-state index contributed by atoms with van der Waals surface area (Å²) in [5.41, 5.74) is 5.21. The average molecular weight is 643 g/mol. The van der Waals surface area contributed by atoms with Crippen LogP contribution in [-0.4, -0.2) is 38.1 Å². The highest BCUT2D eigenvalue weighted by atomic mass is 16.6. The van der Waals surface area contributed by atoms with E-state index in [1.54, 1.807) is 7.11 Å². The Labute approximate surface area is 283 Å². The van der Waals surface area contributed by atoms with Crippen LogP contribution in [-0.2, 0) is 50.1 Å². The van der Waals surface area contributed by atoms with Gasteiger partial charge in [-0.25, -0.2) is 0 Å². The summed E-state index contributed by atoms with van der Waals surface area (Å²) >= 11 is 0. The SMILES string of the molecule is COc1ccc(/C=C2\O[C@H](COCc3ccccc3)[C@@H](OCc3ccccc3)[C@H](OCc3ccccc3)[C@@H]2OCc2ccccc2)cc1. The van der Waals surface area contributed by atoms with Crippen LogP contribution in [0.3, 0.4) is 0 Å². The molecule has 6 rings (SSSR count). The molecular formula is C42H42O6. The van der Waals surface area contributed by atoms with Gasteiger partial charge in [0.2, 0.25) is 0 Å². The molecule has 0 radical (unpaired) electrons. The Morgan fingerprint density at radius 1 is 0.521 bits per heavy atom. The zero-order chi connectivity index (χ0) is 32.8. The maximum absolute atomic E-state index is 6.84. The summed E-state index contributed by atoms with van der Waals surface area (Å²) in [6, 6.07) is 48.5. The number of hydrogen-bond acceptors (Lipinski definition) is 6.